The average Bonchev–Trinajstić information content (AvgIpc) is 2.71. The number of rotatable bonds is 7. The lowest BCUT2D eigenvalue weighted by Crippen LogP contribution is -2.27. The first-order valence-corrected chi connectivity index (χ1v) is 5.61. The van der Waals surface area contributed by atoms with E-state index in [0.29, 0.717) is 6.04 Å². The van der Waals surface area contributed by atoms with Crippen molar-refractivity contribution < 1.29 is 4.42 Å². The van der Waals surface area contributed by atoms with Gasteiger partial charge in [0.05, 0.1) is 12.5 Å². The summed E-state index contributed by atoms with van der Waals surface area (Å²) in [5, 5.41) is 3.55. The summed E-state index contributed by atoms with van der Waals surface area (Å²) in [6.45, 7) is 5.41. The highest BCUT2D eigenvalue weighted by Crippen LogP contribution is 2.06. The number of nitrogens with one attached hydrogen (secondary N) is 1. The Kier molecular flexibility index (Phi) is 5.38. The van der Waals surface area contributed by atoms with Crippen molar-refractivity contribution in [3.63, 3.8) is 0 Å². The fraction of sp³-hybridized carbons (Fsp3) is 0.667. The lowest BCUT2D eigenvalue weighted by molar-refractivity contribution is 0.450. The van der Waals surface area contributed by atoms with Crippen LogP contribution in [0.15, 0.2) is 23.0 Å². The van der Waals surface area contributed by atoms with Gasteiger partial charge < -0.3 is 9.73 Å². The first-order chi connectivity index (χ1) is 6.86. The molecule has 80 valence electrons. The molecule has 0 bridgehead atoms. The number of furan rings is 1. The van der Waals surface area contributed by atoms with E-state index in [2.05, 4.69) is 19.2 Å². The first-order valence-electron chi connectivity index (χ1n) is 5.61. The van der Waals surface area contributed by atoms with Gasteiger partial charge in [0.1, 0.15) is 0 Å². The Hall–Kier alpha value is -0.760. The monoisotopic (exact) mass is 195 g/mol. The SMILES string of the molecule is CCCCC(CC)NCc1ccoc1. The molecular formula is C12H21NO. The summed E-state index contributed by atoms with van der Waals surface area (Å²) in [5.74, 6) is 0. The molecule has 2 heteroatoms. The second kappa shape index (κ2) is 6.66. The molecule has 0 aromatic carbocycles. The van der Waals surface area contributed by atoms with E-state index in [1.165, 1.54) is 31.2 Å². The van der Waals surface area contributed by atoms with Crippen molar-refractivity contribution in [1.29, 1.82) is 0 Å². The topological polar surface area (TPSA) is 25.2 Å². The van der Waals surface area contributed by atoms with Gasteiger partial charge in [0.15, 0.2) is 0 Å². The largest absolute Gasteiger partial charge is 0.472 e. The highest BCUT2D eigenvalue weighted by molar-refractivity contribution is 5.04. The Labute approximate surface area is 86.7 Å². The maximum Gasteiger partial charge on any atom is 0.0947 e. The number of hydrogen-bond donors (Lipinski definition) is 1. The molecule has 0 aliphatic rings. The summed E-state index contributed by atoms with van der Waals surface area (Å²) in [6.07, 6.45) is 8.62. The van der Waals surface area contributed by atoms with Gasteiger partial charge in [0, 0.05) is 18.2 Å². The van der Waals surface area contributed by atoms with Crippen LogP contribution in [0.4, 0.5) is 0 Å². The van der Waals surface area contributed by atoms with E-state index < -0.39 is 0 Å². The van der Waals surface area contributed by atoms with Gasteiger partial charge in [-0.3, -0.25) is 0 Å². The van der Waals surface area contributed by atoms with Gasteiger partial charge in [-0.25, -0.2) is 0 Å². The van der Waals surface area contributed by atoms with Gasteiger partial charge in [0.2, 0.25) is 0 Å². The highest BCUT2D eigenvalue weighted by atomic mass is 16.3. The molecule has 1 unspecified atom stereocenters. The Morgan fingerprint density at radius 2 is 2.29 bits per heavy atom. The summed E-state index contributed by atoms with van der Waals surface area (Å²) >= 11 is 0. The Morgan fingerprint density at radius 1 is 1.43 bits per heavy atom. The zero-order valence-electron chi connectivity index (χ0n) is 9.25. The van der Waals surface area contributed by atoms with Gasteiger partial charge in [-0.15, -0.1) is 0 Å². The van der Waals surface area contributed by atoms with E-state index in [0.717, 1.165) is 6.54 Å². The van der Waals surface area contributed by atoms with E-state index in [9.17, 15) is 0 Å². The zero-order chi connectivity index (χ0) is 10.2. The summed E-state index contributed by atoms with van der Waals surface area (Å²) in [7, 11) is 0. The van der Waals surface area contributed by atoms with Gasteiger partial charge in [-0.1, -0.05) is 26.7 Å². The molecule has 1 N–H and O–H groups in total. The predicted octanol–water partition coefficient (Wildman–Crippen LogP) is 3.34. The van der Waals surface area contributed by atoms with Crippen LogP contribution in [0.25, 0.3) is 0 Å². The minimum absolute atomic E-state index is 0.657. The molecule has 1 aromatic heterocycles. The van der Waals surface area contributed by atoms with E-state index in [4.69, 9.17) is 4.42 Å². The molecule has 0 amide bonds. The summed E-state index contributed by atoms with van der Waals surface area (Å²) < 4.78 is 5.02. The lowest BCUT2D eigenvalue weighted by Gasteiger charge is -2.15. The van der Waals surface area contributed by atoms with Gasteiger partial charge >= 0.3 is 0 Å². The van der Waals surface area contributed by atoms with Crippen LogP contribution in [-0.2, 0) is 6.54 Å². The minimum atomic E-state index is 0.657. The van der Waals surface area contributed by atoms with Crippen molar-refractivity contribution in [1.82, 2.24) is 5.32 Å². The Balaban J connectivity index is 2.20. The fourth-order valence-electron chi connectivity index (χ4n) is 1.56. The van der Waals surface area contributed by atoms with Crippen molar-refractivity contribution in [2.24, 2.45) is 0 Å². The smallest absolute Gasteiger partial charge is 0.0947 e. The van der Waals surface area contributed by atoms with Crippen molar-refractivity contribution in [3.05, 3.63) is 24.2 Å². The third-order valence-corrected chi connectivity index (χ3v) is 2.57. The van der Waals surface area contributed by atoms with Crippen molar-refractivity contribution in [2.45, 2.75) is 52.1 Å². The molecule has 0 saturated heterocycles. The molecule has 0 saturated carbocycles. The van der Waals surface area contributed by atoms with E-state index in [-0.39, 0.29) is 0 Å². The predicted molar refractivity (Wildman–Crippen MR) is 59.2 cm³/mol. The van der Waals surface area contributed by atoms with Crippen molar-refractivity contribution in [2.75, 3.05) is 0 Å². The van der Waals surface area contributed by atoms with Crippen LogP contribution >= 0.6 is 0 Å². The average molecular weight is 195 g/mol. The number of unbranched alkanes of at least 4 members (excludes halogenated alkanes) is 1. The third kappa shape index (κ3) is 3.97. The van der Waals surface area contributed by atoms with Crippen LogP contribution in [-0.4, -0.2) is 6.04 Å². The fourth-order valence-corrected chi connectivity index (χ4v) is 1.56. The van der Waals surface area contributed by atoms with Crippen molar-refractivity contribution >= 4 is 0 Å². The van der Waals surface area contributed by atoms with Crippen LogP contribution in [0.3, 0.4) is 0 Å². The molecule has 0 spiro atoms. The summed E-state index contributed by atoms with van der Waals surface area (Å²) in [5.41, 5.74) is 1.24. The second-order valence-corrected chi connectivity index (χ2v) is 3.76. The zero-order valence-corrected chi connectivity index (χ0v) is 9.25. The highest BCUT2D eigenvalue weighted by Gasteiger charge is 2.04. The van der Waals surface area contributed by atoms with Crippen LogP contribution < -0.4 is 5.32 Å². The lowest BCUT2D eigenvalue weighted by atomic mass is 10.1. The van der Waals surface area contributed by atoms with E-state index in [1.54, 1.807) is 12.5 Å². The van der Waals surface area contributed by atoms with Gasteiger partial charge in [0.25, 0.3) is 0 Å². The molecule has 1 rings (SSSR count). The van der Waals surface area contributed by atoms with Gasteiger partial charge in [-0.2, -0.15) is 0 Å². The van der Waals surface area contributed by atoms with Crippen LogP contribution in [0.5, 0.6) is 0 Å². The van der Waals surface area contributed by atoms with Crippen LogP contribution in [0.1, 0.15) is 45.1 Å². The molecule has 14 heavy (non-hydrogen) atoms. The number of hydrogen-bond acceptors (Lipinski definition) is 2. The molecule has 0 aliphatic carbocycles. The van der Waals surface area contributed by atoms with Crippen molar-refractivity contribution in [3.8, 4) is 0 Å². The van der Waals surface area contributed by atoms with E-state index in [1.807, 2.05) is 6.07 Å². The third-order valence-electron chi connectivity index (χ3n) is 2.57. The minimum Gasteiger partial charge on any atom is -0.472 e. The molecule has 1 heterocycles. The molecule has 1 atom stereocenters. The molecule has 2 nitrogen and oxygen atoms in total. The molecule has 0 radical (unpaired) electrons. The van der Waals surface area contributed by atoms with Gasteiger partial charge in [-0.05, 0) is 18.9 Å². The molecule has 0 aliphatic heterocycles. The van der Waals surface area contributed by atoms with E-state index >= 15 is 0 Å². The normalized spacial score (nSPS) is 13.0. The molecular weight excluding hydrogens is 174 g/mol. The summed E-state index contributed by atoms with van der Waals surface area (Å²) in [4.78, 5) is 0. The standard InChI is InChI=1S/C12H21NO/c1-3-5-6-12(4-2)13-9-11-7-8-14-10-11/h7-8,10,12-13H,3-6,9H2,1-2H3. The molecule has 0 fully saturated rings. The summed E-state index contributed by atoms with van der Waals surface area (Å²) in [6, 6.07) is 2.67. The van der Waals surface area contributed by atoms with Crippen LogP contribution in [0.2, 0.25) is 0 Å². The van der Waals surface area contributed by atoms with Crippen LogP contribution in [0, 0.1) is 0 Å². The first kappa shape index (κ1) is 11.3. The Morgan fingerprint density at radius 3 is 2.86 bits per heavy atom. The Bertz CT molecular complexity index is 218. The maximum atomic E-state index is 5.02. The maximum absolute atomic E-state index is 5.02. The quantitative estimate of drug-likeness (QED) is 0.722. The molecule has 1 aromatic rings. The second-order valence-electron chi connectivity index (χ2n) is 3.76.